The normalized spacial score (nSPS) is 23.5. The molecule has 2 unspecified atom stereocenters. The summed E-state index contributed by atoms with van der Waals surface area (Å²) in [5.74, 6) is 2.17. The minimum absolute atomic E-state index is 0.0426. The summed E-state index contributed by atoms with van der Waals surface area (Å²) >= 11 is 13.5. The topological polar surface area (TPSA) is 38.7 Å². The first-order valence-corrected chi connectivity index (χ1v) is 11.6. The molecule has 2 aromatic carbocycles. The molecule has 32 heavy (non-hydrogen) atoms. The largest absolute Gasteiger partial charge is 0.438 e. The van der Waals surface area contributed by atoms with Gasteiger partial charge >= 0.3 is 6.18 Å². The fourth-order valence-corrected chi connectivity index (χ4v) is 5.17. The molecule has 2 aliphatic heterocycles. The van der Waals surface area contributed by atoms with Crippen LogP contribution in [0, 0.1) is 12.8 Å². The molecule has 0 amide bonds. The summed E-state index contributed by atoms with van der Waals surface area (Å²) in [4.78, 5) is 17.3. The van der Waals surface area contributed by atoms with Crippen LogP contribution in [0.2, 0.25) is 10.0 Å². The Morgan fingerprint density at radius 3 is 2.38 bits per heavy atom. The van der Waals surface area contributed by atoms with Crippen LogP contribution < -0.4 is 0 Å². The third-order valence-corrected chi connectivity index (χ3v) is 7.45. The molecule has 0 aliphatic carbocycles. The highest BCUT2D eigenvalue weighted by atomic mass is 35.5. The summed E-state index contributed by atoms with van der Waals surface area (Å²) in [7, 11) is 0. The number of alkyl halides is 4. The van der Waals surface area contributed by atoms with Crippen molar-refractivity contribution in [2.75, 3.05) is 11.5 Å². The Morgan fingerprint density at radius 1 is 1.19 bits per heavy atom. The Hall–Kier alpha value is -1.77. The molecule has 2 aromatic rings. The summed E-state index contributed by atoms with van der Waals surface area (Å²) in [6.07, 6.45) is -7.42. The summed E-state index contributed by atoms with van der Waals surface area (Å²) in [6, 6.07) is 7.49. The molecule has 0 saturated carbocycles. The number of aryl methyl sites for hydroxylation is 1. The number of oxime groups is 1. The zero-order chi connectivity index (χ0) is 23.3. The molecule has 2 atom stereocenters. The van der Waals surface area contributed by atoms with Gasteiger partial charge in [-0.2, -0.15) is 24.9 Å². The van der Waals surface area contributed by atoms with Crippen molar-refractivity contribution in [3.05, 3.63) is 68.7 Å². The first-order chi connectivity index (χ1) is 15.0. The number of thioether (sulfide) groups is 1. The fraction of sp³-hybridized carbons (Fsp3) is 0.364. The number of Topliss-reactive ketones (excluding diaryl/α,β-unsaturated/α-hetero) is 1. The molecule has 170 valence electrons. The maximum absolute atomic E-state index is 15.5. The van der Waals surface area contributed by atoms with E-state index in [1.165, 1.54) is 24.3 Å². The molecule has 0 bridgehead atoms. The molecule has 0 aromatic heterocycles. The maximum atomic E-state index is 15.5. The molecule has 2 aliphatic rings. The Morgan fingerprint density at radius 2 is 1.84 bits per heavy atom. The van der Waals surface area contributed by atoms with Gasteiger partial charge in [0.15, 0.2) is 5.78 Å². The van der Waals surface area contributed by atoms with Crippen LogP contribution in [0.4, 0.5) is 17.6 Å². The molecule has 3 nitrogen and oxygen atoms in total. The highest BCUT2D eigenvalue weighted by molar-refractivity contribution is 8.00. The van der Waals surface area contributed by atoms with Gasteiger partial charge in [-0.25, -0.2) is 4.39 Å². The molecule has 0 radical (unpaired) electrons. The number of carbonyl (C=O) groups excluding carboxylic acids is 1. The van der Waals surface area contributed by atoms with Crippen molar-refractivity contribution in [2.24, 2.45) is 11.1 Å². The van der Waals surface area contributed by atoms with Crippen molar-refractivity contribution >= 4 is 46.5 Å². The lowest BCUT2D eigenvalue weighted by molar-refractivity contribution is -0.289. The smallest absolute Gasteiger partial charge is 0.371 e. The second-order valence-corrected chi connectivity index (χ2v) is 9.83. The van der Waals surface area contributed by atoms with E-state index < -0.39 is 29.2 Å². The predicted molar refractivity (Wildman–Crippen MR) is 118 cm³/mol. The van der Waals surface area contributed by atoms with Gasteiger partial charge in [0, 0.05) is 33.2 Å². The zero-order valence-corrected chi connectivity index (χ0v) is 19.0. The van der Waals surface area contributed by atoms with E-state index in [-0.39, 0.29) is 21.4 Å². The predicted octanol–water partition coefficient (Wildman–Crippen LogP) is 6.77. The number of hydrogen-bond acceptors (Lipinski definition) is 4. The standard InChI is InChI=1S/C22H17Cl2F4NO2S/c1-11-4-13(2-3-17(11)18(30)5-12-9-32-10-12)19-20(25)21(31-29-19,22(26,27)28)14-6-15(23)8-16(24)7-14/h2-4,6-8,12,20H,5,9-10H2,1H3. The summed E-state index contributed by atoms with van der Waals surface area (Å²) in [5.41, 5.74) is -3.40. The van der Waals surface area contributed by atoms with E-state index in [4.69, 9.17) is 28.0 Å². The van der Waals surface area contributed by atoms with Gasteiger partial charge in [-0.05, 0) is 54.2 Å². The number of hydrogen-bond donors (Lipinski definition) is 0. The van der Waals surface area contributed by atoms with E-state index in [2.05, 4.69) is 5.16 Å². The van der Waals surface area contributed by atoms with Crippen LogP contribution in [0.3, 0.4) is 0 Å². The number of halogens is 6. The molecule has 4 rings (SSSR count). The number of ketones is 1. The summed E-state index contributed by atoms with van der Waals surface area (Å²) < 4.78 is 58.0. The SMILES string of the molecule is Cc1cc(C2=NOC(c3cc(Cl)cc(Cl)c3)(C(F)(F)F)C2F)ccc1C(=O)CC1CSC1. The monoisotopic (exact) mass is 505 g/mol. The van der Waals surface area contributed by atoms with Crippen LogP contribution in [0.15, 0.2) is 41.6 Å². The van der Waals surface area contributed by atoms with Crippen LogP contribution in [0.1, 0.15) is 33.5 Å². The van der Waals surface area contributed by atoms with Gasteiger partial charge in [0.05, 0.1) is 0 Å². The lowest BCUT2D eigenvalue weighted by Crippen LogP contribution is -2.50. The fourth-order valence-electron chi connectivity index (χ4n) is 3.84. The Bertz CT molecular complexity index is 1080. The van der Waals surface area contributed by atoms with Gasteiger partial charge in [0.2, 0.25) is 6.17 Å². The highest BCUT2D eigenvalue weighted by Crippen LogP contribution is 2.51. The first kappa shape index (κ1) is 23.4. The molecule has 10 heteroatoms. The van der Waals surface area contributed by atoms with Crippen LogP contribution in [0.25, 0.3) is 0 Å². The van der Waals surface area contributed by atoms with Crippen LogP contribution in [-0.4, -0.2) is 35.3 Å². The van der Waals surface area contributed by atoms with E-state index >= 15 is 4.39 Å². The third-order valence-electron chi connectivity index (χ3n) is 5.60. The molecular formula is C22H17Cl2F4NO2S. The molecule has 2 heterocycles. The lowest BCUT2D eigenvalue weighted by atomic mass is 9.84. The van der Waals surface area contributed by atoms with Gasteiger partial charge in [-0.15, -0.1) is 0 Å². The van der Waals surface area contributed by atoms with Crippen molar-refractivity contribution in [1.82, 2.24) is 0 Å². The van der Waals surface area contributed by atoms with Gasteiger partial charge in [-0.1, -0.05) is 40.5 Å². The van der Waals surface area contributed by atoms with Crippen molar-refractivity contribution < 1.29 is 27.2 Å². The van der Waals surface area contributed by atoms with Crippen LogP contribution >= 0.6 is 35.0 Å². The van der Waals surface area contributed by atoms with E-state index in [0.717, 1.165) is 23.6 Å². The van der Waals surface area contributed by atoms with Gasteiger partial charge < -0.3 is 4.84 Å². The number of nitrogens with zero attached hydrogens (tertiary/aromatic N) is 1. The minimum atomic E-state index is -5.16. The zero-order valence-electron chi connectivity index (χ0n) is 16.7. The summed E-state index contributed by atoms with van der Waals surface area (Å²) in [5, 5.41) is 3.29. The number of carbonyl (C=O) groups is 1. The van der Waals surface area contributed by atoms with Gasteiger partial charge in [0.25, 0.3) is 5.60 Å². The van der Waals surface area contributed by atoms with Crippen molar-refractivity contribution in [3.8, 4) is 0 Å². The van der Waals surface area contributed by atoms with E-state index in [1.54, 1.807) is 18.7 Å². The van der Waals surface area contributed by atoms with Gasteiger partial charge in [-0.3, -0.25) is 4.79 Å². The van der Waals surface area contributed by atoms with E-state index in [0.29, 0.717) is 23.5 Å². The number of benzene rings is 2. The quantitative estimate of drug-likeness (QED) is 0.332. The highest BCUT2D eigenvalue weighted by Gasteiger charge is 2.69. The second kappa shape index (κ2) is 8.54. The molecule has 0 N–H and O–H groups in total. The average molecular weight is 506 g/mol. The summed E-state index contributed by atoms with van der Waals surface area (Å²) in [6.45, 7) is 1.66. The number of rotatable bonds is 5. The Labute approximate surface area is 196 Å². The molecule has 1 fully saturated rings. The van der Waals surface area contributed by atoms with E-state index in [9.17, 15) is 18.0 Å². The van der Waals surface area contributed by atoms with E-state index in [1.807, 2.05) is 0 Å². The average Bonchev–Trinajstić information content (AvgIpc) is 3.01. The molecular weight excluding hydrogens is 489 g/mol. The van der Waals surface area contributed by atoms with Crippen LogP contribution in [0.5, 0.6) is 0 Å². The Balaban J connectivity index is 1.67. The Kier molecular flexibility index (Phi) is 6.24. The molecule has 1 saturated heterocycles. The first-order valence-electron chi connectivity index (χ1n) is 9.68. The van der Waals surface area contributed by atoms with Crippen molar-refractivity contribution in [1.29, 1.82) is 0 Å². The van der Waals surface area contributed by atoms with Crippen LogP contribution in [-0.2, 0) is 10.4 Å². The molecule has 0 spiro atoms. The van der Waals surface area contributed by atoms with Crippen molar-refractivity contribution in [3.63, 3.8) is 0 Å². The third kappa shape index (κ3) is 4.01. The maximum Gasteiger partial charge on any atom is 0.438 e. The minimum Gasteiger partial charge on any atom is -0.371 e. The lowest BCUT2D eigenvalue weighted by Gasteiger charge is -2.31. The van der Waals surface area contributed by atoms with Gasteiger partial charge in [0.1, 0.15) is 5.71 Å². The van der Waals surface area contributed by atoms with Crippen molar-refractivity contribution in [2.45, 2.75) is 31.3 Å². The second-order valence-electron chi connectivity index (χ2n) is 7.88.